The number of amides is 2. The van der Waals surface area contributed by atoms with Gasteiger partial charge in [-0.05, 0) is 59.5 Å². The van der Waals surface area contributed by atoms with Gasteiger partial charge in [-0.15, -0.1) is 0 Å². The second kappa shape index (κ2) is 7.47. The highest BCUT2D eigenvalue weighted by Gasteiger charge is 2.28. The molecule has 1 saturated heterocycles. The highest BCUT2D eigenvalue weighted by atomic mass is 16.6. The van der Waals surface area contributed by atoms with Gasteiger partial charge in [-0.1, -0.05) is 0 Å². The van der Waals surface area contributed by atoms with Gasteiger partial charge in [0.2, 0.25) is 5.91 Å². The summed E-state index contributed by atoms with van der Waals surface area (Å²) in [7, 11) is 0. The summed E-state index contributed by atoms with van der Waals surface area (Å²) in [5, 5.41) is 2.73. The third kappa shape index (κ3) is 6.23. The van der Waals surface area contributed by atoms with Crippen LogP contribution in [0.1, 0.15) is 46.5 Å². The van der Waals surface area contributed by atoms with Crippen LogP contribution in [0.15, 0.2) is 0 Å². The molecular weight excluding hydrogens is 258 g/mol. The predicted octanol–water partition coefficient (Wildman–Crippen LogP) is 1.24. The maximum absolute atomic E-state index is 11.4. The smallest absolute Gasteiger partial charge is 0.407 e. The molecule has 6 heteroatoms. The van der Waals surface area contributed by atoms with Crippen LogP contribution in [0.2, 0.25) is 0 Å². The van der Waals surface area contributed by atoms with Gasteiger partial charge in [0.05, 0.1) is 6.04 Å². The van der Waals surface area contributed by atoms with E-state index in [0.717, 1.165) is 38.8 Å². The summed E-state index contributed by atoms with van der Waals surface area (Å²) in [6.07, 6.45) is 3.31. The molecule has 1 aliphatic rings. The van der Waals surface area contributed by atoms with E-state index in [1.165, 1.54) is 0 Å². The Balaban J connectivity index is 2.10. The number of carbonyl (C=O) groups excluding carboxylic acids is 2. The van der Waals surface area contributed by atoms with Gasteiger partial charge in [-0.3, -0.25) is 9.69 Å². The van der Waals surface area contributed by atoms with Crippen LogP contribution in [-0.2, 0) is 9.53 Å². The van der Waals surface area contributed by atoms with E-state index in [4.69, 9.17) is 10.5 Å². The molecule has 6 nitrogen and oxygen atoms in total. The molecule has 0 aromatic rings. The predicted molar refractivity (Wildman–Crippen MR) is 77.3 cm³/mol. The van der Waals surface area contributed by atoms with Gasteiger partial charge in [0.25, 0.3) is 0 Å². The van der Waals surface area contributed by atoms with Gasteiger partial charge >= 0.3 is 6.09 Å². The summed E-state index contributed by atoms with van der Waals surface area (Å²) < 4.78 is 5.14. The zero-order valence-corrected chi connectivity index (χ0v) is 12.8. The second-order valence-electron chi connectivity index (χ2n) is 6.23. The average molecular weight is 285 g/mol. The number of alkyl carbamates (subject to hydrolysis) is 1. The standard InChI is InChI=1S/C14H27N3O3/c1-14(2,3)20-13(19)16-8-4-5-9-17-10-6-7-11(17)12(15)18/h11H,4-10H2,1-3H3,(H2,15,18)(H,16,19)/t11-/m0/s1. The van der Waals surface area contributed by atoms with Gasteiger partial charge in [-0.2, -0.15) is 0 Å². The molecular formula is C14H27N3O3. The number of nitrogens with one attached hydrogen (secondary N) is 1. The van der Waals surface area contributed by atoms with Crippen molar-refractivity contribution < 1.29 is 14.3 Å². The molecule has 0 unspecified atom stereocenters. The van der Waals surface area contributed by atoms with Crippen LogP contribution in [0, 0.1) is 0 Å². The summed E-state index contributed by atoms with van der Waals surface area (Å²) in [5.74, 6) is -0.227. The average Bonchev–Trinajstić information content (AvgIpc) is 2.74. The number of unbranched alkanes of at least 4 members (excludes halogenated alkanes) is 1. The SMILES string of the molecule is CC(C)(C)OC(=O)NCCCCN1CCC[C@H]1C(N)=O. The zero-order valence-electron chi connectivity index (χ0n) is 12.8. The highest BCUT2D eigenvalue weighted by molar-refractivity contribution is 5.80. The number of hydrogen-bond donors (Lipinski definition) is 2. The second-order valence-corrected chi connectivity index (χ2v) is 6.23. The van der Waals surface area contributed by atoms with E-state index in [2.05, 4.69) is 10.2 Å². The molecule has 0 aromatic carbocycles. The van der Waals surface area contributed by atoms with Crippen LogP contribution in [-0.4, -0.2) is 48.2 Å². The lowest BCUT2D eigenvalue weighted by Crippen LogP contribution is -2.40. The minimum atomic E-state index is -0.464. The van der Waals surface area contributed by atoms with Gasteiger partial charge in [0.15, 0.2) is 0 Å². The van der Waals surface area contributed by atoms with Crippen molar-refractivity contribution in [3.8, 4) is 0 Å². The minimum absolute atomic E-state index is 0.103. The molecule has 3 N–H and O–H groups in total. The van der Waals surface area contributed by atoms with Gasteiger partial charge in [-0.25, -0.2) is 4.79 Å². The summed E-state index contributed by atoms with van der Waals surface area (Å²) in [6, 6.07) is -0.103. The normalized spacial score (nSPS) is 19.9. The van der Waals surface area contributed by atoms with Crippen molar-refractivity contribution in [2.24, 2.45) is 5.73 Å². The van der Waals surface area contributed by atoms with Crippen molar-refractivity contribution in [2.45, 2.75) is 58.1 Å². The zero-order chi connectivity index (χ0) is 15.2. The first kappa shape index (κ1) is 16.8. The number of nitrogens with zero attached hydrogens (tertiary/aromatic N) is 1. The highest BCUT2D eigenvalue weighted by Crippen LogP contribution is 2.17. The Bertz CT molecular complexity index is 339. The first-order chi connectivity index (χ1) is 9.29. The number of nitrogens with two attached hydrogens (primary N) is 1. The summed E-state index contributed by atoms with van der Waals surface area (Å²) in [6.45, 7) is 7.89. The van der Waals surface area contributed by atoms with Gasteiger partial charge < -0.3 is 15.8 Å². The first-order valence-corrected chi connectivity index (χ1v) is 7.30. The lowest BCUT2D eigenvalue weighted by Gasteiger charge is -2.22. The molecule has 0 saturated carbocycles. The first-order valence-electron chi connectivity index (χ1n) is 7.30. The third-order valence-corrected chi connectivity index (χ3v) is 3.23. The molecule has 0 aliphatic carbocycles. The van der Waals surface area contributed by atoms with E-state index < -0.39 is 5.60 Å². The Kier molecular flexibility index (Phi) is 6.26. The Hall–Kier alpha value is -1.30. The van der Waals surface area contributed by atoms with E-state index in [1.807, 2.05) is 20.8 Å². The molecule has 20 heavy (non-hydrogen) atoms. The summed E-state index contributed by atoms with van der Waals surface area (Å²) in [5.41, 5.74) is 4.90. The lowest BCUT2D eigenvalue weighted by atomic mass is 10.2. The molecule has 1 atom stereocenters. The van der Waals surface area contributed by atoms with Crippen LogP contribution in [0.25, 0.3) is 0 Å². The monoisotopic (exact) mass is 285 g/mol. The maximum atomic E-state index is 11.4. The fourth-order valence-corrected chi connectivity index (χ4v) is 2.36. The van der Waals surface area contributed by atoms with E-state index in [-0.39, 0.29) is 18.0 Å². The van der Waals surface area contributed by atoms with Crippen LogP contribution < -0.4 is 11.1 Å². The van der Waals surface area contributed by atoms with E-state index in [0.29, 0.717) is 6.54 Å². The van der Waals surface area contributed by atoms with Crippen LogP contribution in [0.4, 0.5) is 4.79 Å². The van der Waals surface area contributed by atoms with Gasteiger partial charge in [0.1, 0.15) is 5.60 Å². The largest absolute Gasteiger partial charge is 0.444 e. The fraction of sp³-hybridized carbons (Fsp3) is 0.857. The Morgan fingerprint density at radius 1 is 1.35 bits per heavy atom. The fourth-order valence-electron chi connectivity index (χ4n) is 2.36. The number of primary amides is 1. The summed E-state index contributed by atoms with van der Waals surface area (Å²) in [4.78, 5) is 24.8. The number of likely N-dealkylation sites (tertiary alicyclic amines) is 1. The van der Waals surface area contributed by atoms with Crippen molar-refractivity contribution in [3.63, 3.8) is 0 Å². The topological polar surface area (TPSA) is 84.7 Å². The van der Waals surface area contributed by atoms with E-state index in [1.54, 1.807) is 0 Å². The Morgan fingerprint density at radius 2 is 2.05 bits per heavy atom. The van der Waals surface area contributed by atoms with Crippen molar-refractivity contribution in [1.29, 1.82) is 0 Å². The quantitative estimate of drug-likeness (QED) is 0.719. The van der Waals surface area contributed by atoms with E-state index in [9.17, 15) is 9.59 Å². The minimum Gasteiger partial charge on any atom is -0.444 e. The summed E-state index contributed by atoms with van der Waals surface area (Å²) >= 11 is 0. The lowest BCUT2D eigenvalue weighted by molar-refractivity contribution is -0.122. The number of rotatable bonds is 6. The molecule has 1 heterocycles. The van der Waals surface area contributed by atoms with Gasteiger partial charge in [0, 0.05) is 6.54 Å². The molecule has 1 rings (SSSR count). The number of carbonyl (C=O) groups is 2. The maximum Gasteiger partial charge on any atom is 0.407 e. The van der Waals surface area contributed by atoms with Crippen molar-refractivity contribution in [3.05, 3.63) is 0 Å². The molecule has 1 aliphatic heterocycles. The van der Waals surface area contributed by atoms with Crippen LogP contribution >= 0.6 is 0 Å². The Labute approximate surface area is 121 Å². The molecule has 116 valence electrons. The third-order valence-electron chi connectivity index (χ3n) is 3.23. The molecule has 0 bridgehead atoms. The Morgan fingerprint density at radius 3 is 2.65 bits per heavy atom. The number of hydrogen-bond acceptors (Lipinski definition) is 4. The molecule has 0 radical (unpaired) electrons. The molecule has 1 fully saturated rings. The van der Waals surface area contributed by atoms with Crippen molar-refractivity contribution in [2.75, 3.05) is 19.6 Å². The van der Waals surface area contributed by atoms with Crippen LogP contribution in [0.5, 0.6) is 0 Å². The molecule has 0 spiro atoms. The van der Waals surface area contributed by atoms with Crippen LogP contribution in [0.3, 0.4) is 0 Å². The number of ether oxygens (including phenoxy) is 1. The van der Waals surface area contributed by atoms with E-state index >= 15 is 0 Å². The molecule has 2 amide bonds. The van der Waals surface area contributed by atoms with Crippen molar-refractivity contribution >= 4 is 12.0 Å². The molecule has 0 aromatic heterocycles. The van der Waals surface area contributed by atoms with Crippen molar-refractivity contribution in [1.82, 2.24) is 10.2 Å².